The smallest absolute Gasteiger partial charge is 0.141 e. The molecule has 0 unspecified atom stereocenters. The van der Waals surface area contributed by atoms with Gasteiger partial charge in [0.05, 0.1) is 11.0 Å². The van der Waals surface area contributed by atoms with E-state index in [1.54, 1.807) is 12.1 Å². The first-order chi connectivity index (χ1) is 13.0. The summed E-state index contributed by atoms with van der Waals surface area (Å²) >= 11 is 3.59. The number of fused-ring (bicyclic) bond motifs is 1. The summed E-state index contributed by atoms with van der Waals surface area (Å²) in [5, 5.41) is 10.8. The van der Waals surface area contributed by atoms with Crippen LogP contribution in [0, 0.1) is 13.8 Å². The number of imidazole rings is 1. The van der Waals surface area contributed by atoms with Crippen LogP contribution in [0.3, 0.4) is 0 Å². The quantitative estimate of drug-likeness (QED) is 0.413. The molecule has 27 heavy (non-hydrogen) atoms. The van der Waals surface area contributed by atoms with E-state index in [0.29, 0.717) is 6.54 Å². The van der Waals surface area contributed by atoms with Crippen LogP contribution in [0.15, 0.2) is 60.7 Å². The van der Waals surface area contributed by atoms with Crippen molar-refractivity contribution >= 4 is 27.0 Å². The summed E-state index contributed by atoms with van der Waals surface area (Å²) in [7, 11) is 0. The van der Waals surface area contributed by atoms with Gasteiger partial charge in [-0.3, -0.25) is 0 Å². The molecule has 0 atom stereocenters. The molecule has 0 aliphatic heterocycles. The molecule has 4 heteroatoms. The zero-order valence-corrected chi connectivity index (χ0v) is 17.0. The molecule has 0 fully saturated rings. The van der Waals surface area contributed by atoms with Crippen LogP contribution in [0.25, 0.3) is 22.4 Å². The molecular weight excluding hydrogens is 400 g/mol. The van der Waals surface area contributed by atoms with Crippen LogP contribution in [0.2, 0.25) is 0 Å². The number of nitrogens with zero attached hydrogens (tertiary/aromatic N) is 2. The molecule has 0 aliphatic rings. The molecule has 0 saturated carbocycles. The fourth-order valence-corrected chi connectivity index (χ4v) is 4.15. The number of hydrogen-bond donors (Lipinski definition) is 1. The van der Waals surface area contributed by atoms with E-state index < -0.39 is 0 Å². The second kappa shape index (κ2) is 7.20. The number of alkyl halides is 1. The highest BCUT2D eigenvalue weighted by Gasteiger charge is 2.15. The highest BCUT2D eigenvalue weighted by molar-refractivity contribution is 9.08. The Bertz CT molecular complexity index is 1110. The summed E-state index contributed by atoms with van der Waals surface area (Å²) in [6.07, 6.45) is 0. The van der Waals surface area contributed by atoms with Gasteiger partial charge in [0.2, 0.25) is 0 Å². The van der Waals surface area contributed by atoms with Crippen LogP contribution >= 0.6 is 15.9 Å². The van der Waals surface area contributed by atoms with E-state index in [4.69, 9.17) is 4.98 Å². The molecule has 0 amide bonds. The maximum atomic E-state index is 10.0. The molecule has 0 radical (unpaired) electrons. The molecule has 136 valence electrons. The van der Waals surface area contributed by atoms with Crippen molar-refractivity contribution in [2.45, 2.75) is 25.7 Å². The van der Waals surface area contributed by atoms with Crippen molar-refractivity contribution in [2.24, 2.45) is 0 Å². The van der Waals surface area contributed by atoms with Crippen LogP contribution in [-0.2, 0) is 11.9 Å². The zero-order chi connectivity index (χ0) is 19.0. The first-order valence-corrected chi connectivity index (χ1v) is 10.1. The van der Waals surface area contributed by atoms with Crippen molar-refractivity contribution in [3.05, 3.63) is 82.9 Å². The van der Waals surface area contributed by atoms with Crippen LogP contribution < -0.4 is 0 Å². The van der Waals surface area contributed by atoms with E-state index in [1.807, 2.05) is 6.07 Å². The number of aryl methyl sites for hydroxylation is 2. The van der Waals surface area contributed by atoms with E-state index in [0.717, 1.165) is 27.8 Å². The standard InChI is InChI=1S/C23H21BrN2O/c1-15-9-16(2)11-19(10-15)23-25-21-8-7-20(27)12-22(21)26(23)14-18-6-4-3-5-17(18)13-24/h3-12,27H,13-14H2,1-2H3. The molecule has 1 N–H and O–H groups in total. The van der Waals surface area contributed by atoms with Crippen LogP contribution in [0.4, 0.5) is 0 Å². The van der Waals surface area contributed by atoms with Crippen LogP contribution in [-0.4, -0.2) is 14.7 Å². The molecule has 0 spiro atoms. The maximum Gasteiger partial charge on any atom is 0.141 e. The van der Waals surface area contributed by atoms with Crippen molar-refractivity contribution < 1.29 is 5.11 Å². The fourth-order valence-electron chi connectivity index (χ4n) is 3.61. The van der Waals surface area contributed by atoms with Crippen molar-refractivity contribution in [1.82, 2.24) is 9.55 Å². The number of halogens is 1. The van der Waals surface area contributed by atoms with Gasteiger partial charge < -0.3 is 9.67 Å². The molecule has 3 nitrogen and oxygen atoms in total. The fraction of sp³-hybridized carbons (Fsp3) is 0.174. The second-order valence-corrected chi connectivity index (χ2v) is 7.53. The number of rotatable bonds is 4. The number of phenolic OH excluding ortho intramolecular Hbond substituents is 1. The lowest BCUT2D eigenvalue weighted by Crippen LogP contribution is -2.04. The van der Waals surface area contributed by atoms with Gasteiger partial charge in [0, 0.05) is 23.5 Å². The van der Waals surface area contributed by atoms with E-state index in [2.05, 4.69) is 76.8 Å². The van der Waals surface area contributed by atoms with E-state index in [-0.39, 0.29) is 5.75 Å². The third-order valence-electron chi connectivity index (χ3n) is 4.80. The number of aromatic hydroxyl groups is 1. The highest BCUT2D eigenvalue weighted by atomic mass is 79.9. The van der Waals surface area contributed by atoms with Crippen molar-refractivity contribution in [2.75, 3.05) is 0 Å². The lowest BCUT2D eigenvalue weighted by Gasteiger charge is -2.13. The van der Waals surface area contributed by atoms with Crippen molar-refractivity contribution in [1.29, 1.82) is 0 Å². The monoisotopic (exact) mass is 420 g/mol. The van der Waals surface area contributed by atoms with Gasteiger partial charge in [-0.15, -0.1) is 0 Å². The van der Waals surface area contributed by atoms with Gasteiger partial charge in [0.25, 0.3) is 0 Å². The average molecular weight is 421 g/mol. The summed E-state index contributed by atoms with van der Waals surface area (Å²) in [5.74, 6) is 1.18. The van der Waals surface area contributed by atoms with E-state index in [9.17, 15) is 5.11 Å². The zero-order valence-electron chi connectivity index (χ0n) is 15.4. The molecule has 4 aromatic rings. The van der Waals surface area contributed by atoms with Gasteiger partial charge >= 0.3 is 0 Å². The Balaban J connectivity index is 1.95. The molecule has 0 bridgehead atoms. The van der Waals surface area contributed by atoms with Crippen LogP contribution in [0.1, 0.15) is 22.3 Å². The van der Waals surface area contributed by atoms with Gasteiger partial charge in [0.15, 0.2) is 0 Å². The Morgan fingerprint density at radius 2 is 1.63 bits per heavy atom. The van der Waals surface area contributed by atoms with E-state index in [1.165, 1.54) is 22.3 Å². The van der Waals surface area contributed by atoms with Gasteiger partial charge in [-0.1, -0.05) is 57.4 Å². The third-order valence-corrected chi connectivity index (χ3v) is 5.41. The summed E-state index contributed by atoms with van der Waals surface area (Å²) in [6.45, 7) is 4.91. The van der Waals surface area contributed by atoms with E-state index >= 15 is 0 Å². The SMILES string of the molecule is Cc1cc(C)cc(-c2nc3ccc(O)cc3n2Cc2ccccc2CBr)c1. The minimum Gasteiger partial charge on any atom is -0.508 e. The largest absolute Gasteiger partial charge is 0.508 e. The Morgan fingerprint density at radius 1 is 0.926 bits per heavy atom. The number of phenols is 1. The predicted octanol–water partition coefficient (Wildman–Crippen LogP) is 5.97. The molecular formula is C23H21BrN2O. The summed E-state index contributed by atoms with van der Waals surface area (Å²) in [5.41, 5.74) is 7.85. The van der Waals surface area contributed by atoms with Gasteiger partial charge in [-0.2, -0.15) is 0 Å². The maximum absolute atomic E-state index is 10.0. The average Bonchev–Trinajstić information content (AvgIpc) is 2.99. The Morgan fingerprint density at radius 3 is 2.33 bits per heavy atom. The van der Waals surface area contributed by atoms with Gasteiger partial charge in [0.1, 0.15) is 11.6 Å². The molecule has 0 aliphatic carbocycles. The van der Waals surface area contributed by atoms with Crippen LogP contribution in [0.5, 0.6) is 5.75 Å². The first kappa shape index (κ1) is 17.8. The molecule has 1 aromatic heterocycles. The Labute approximate surface area is 167 Å². The summed E-state index contributed by atoms with van der Waals surface area (Å²) in [6, 6.07) is 20.3. The predicted molar refractivity (Wildman–Crippen MR) is 114 cm³/mol. The topological polar surface area (TPSA) is 38.1 Å². The minimum atomic E-state index is 0.254. The second-order valence-electron chi connectivity index (χ2n) is 6.97. The molecule has 4 rings (SSSR count). The number of aromatic nitrogens is 2. The number of benzene rings is 3. The summed E-state index contributed by atoms with van der Waals surface area (Å²) in [4.78, 5) is 4.90. The number of hydrogen-bond acceptors (Lipinski definition) is 2. The summed E-state index contributed by atoms with van der Waals surface area (Å²) < 4.78 is 2.20. The Hall–Kier alpha value is -2.59. The van der Waals surface area contributed by atoms with Gasteiger partial charge in [-0.25, -0.2) is 4.98 Å². The molecule has 3 aromatic carbocycles. The highest BCUT2D eigenvalue weighted by Crippen LogP contribution is 2.30. The Kier molecular flexibility index (Phi) is 4.75. The normalized spacial score (nSPS) is 11.2. The van der Waals surface area contributed by atoms with Crippen molar-refractivity contribution in [3.8, 4) is 17.1 Å². The molecule has 1 heterocycles. The molecule has 0 saturated heterocycles. The first-order valence-electron chi connectivity index (χ1n) is 8.96. The minimum absolute atomic E-state index is 0.254. The lowest BCUT2D eigenvalue weighted by atomic mass is 10.1. The third kappa shape index (κ3) is 3.50. The van der Waals surface area contributed by atoms with Gasteiger partial charge in [-0.05, 0) is 49.2 Å². The lowest BCUT2D eigenvalue weighted by molar-refractivity contribution is 0.476. The van der Waals surface area contributed by atoms with Crippen molar-refractivity contribution in [3.63, 3.8) is 0 Å².